The topological polar surface area (TPSA) is 113 Å². The molecule has 0 saturated carbocycles. The number of amides is 2. The third kappa shape index (κ3) is 7.75. The van der Waals surface area contributed by atoms with Crippen LogP contribution in [-0.4, -0.2) is 66.6 Å². The number of nitrogens with one attached hydrogen (secondary N) is 2. The summed E-state index contributed by atoms with van der Waals surface area (Å²) in [7, 11) is 0. The molecular formula is C42H46N4O6. The molecule has 10 heteroatoms. The number of carbonyl (C=O) groups is 2. The van der Waals surface area contributed by atoms with Crippen molar-refractivity contribution in [3.8, 4) is 11.1 Å². The maximum atomic E-state index is 13.3. The van der Waals surface area contributed by atoms with Crippen molar-refractivity contribution in [3.63, 3.8) is 0 Å². The maximum absolute atomic E-state index is 13.3. The number of piperidine rings is 1. The maximum Gasteiger partial charge on any atom is 0.407 e. The molecule has 4 aromatic carbocycles. The first-order chi connectivity index (χ1) is 25.5. The standard InChI is InChI=1S/C42H46N4O6/c1-2-24-50-41(49)43-26-34-8-6-7-11-37(34)31-16-18-33(19-17-31)39-51-36(25-38(52-39)32-14-12-30(28-47)13-15-32)27-45-22-20-42(21-23-45)40(48)44-29-46(42)35-9-4-3-5-10-35/h2-19,36,38-39,47H,1,20-29H2,(H,43,49)(H,44,48)/t36-,38+,39+/m0/s1. The van der Waals surface area contributed by atoms with Gasteiger partial charge in [-0.05, 0) is 52.8 Å². The van der Waals surface area contributed by atoms with E-state index in [-0.39, 0.29) is 31.3 Å². The van der Waals surface area contributed by atoms with E-state index >= 15 is 0 Å². The Balaban J connectivity index is 1.06. The molecular weight excluding hydrogens is 656 g/mol. The molecule has 3 saturated heterocycles. The Morgan fingerprint density at radius 3 is 2.38 bits per heavy atom. The molecule has 7 rings (SSSR count). The van der Waals surface area contributed by atoms with Crippen molar-refractivity contribution in [3.05, 3.63) is 138 Å². The molecule has 0 radical (unpaired) electrons. The summed E-state index contributed by atoms with van der Waals surface area (Å²) in [6.45, 7) is 6.87. The van der Waals surface area contributed by atoms with Gasteiger partial charge in [-0.3, -0.25) is 4.79 Å². The highest BCUT2D eigenvalue weighted by atomic mass is 16.7. The van der Waals surface area contributed by atoms with Crippen LogP contribution in [0.1, 0.15) is 53.9 Å². The van der Waals surface area contributed by atoms with Gasteiger partial charge in [-0.15, -0.1) is 0 Å². The highest BCUT2D eigenvalue weighted by Gasteiger charge is 2.50. The van der Waals surface area contributed by atoms with Crippen LogP contribution in [-0.2, 0) is 32.2 Å². The van der Waals surface area contributed by atoms with Gasteiger partial charge >= 0.3 is 6.09 Å². The quantitative estimate of drug-likeness (QED) is 0.158. The minimum absolute atomic E-state index is 0.0126. The summed E-state index contributed by atoms with van der Waals surface area (Å²) in [6, 6.07) is 34.3. The molecule has 0 aliphatic carbocycles. The minimum Gasteiger partial charge on any atom is -0.445 e. The number of anilines is 1. The van der Waals surface area contributed by atoms with Crippen molar-refractivity contribution < 1.29 is 28.9 Å². The van der Waals surface area contributed by atoms with Crippen LogP contribution < -0.4 is 15.5 Å². The zero-order valence-electron chi connectivity index (χ0n) is 29.3. The van der Waals surface area contributed by atoms with Crippen LogP contribution in [0.3, 0.4) is 0 Å². The Morgan fingerprint density at radius 2 is 1.65 bits per heavy atom. The molecule has 3 aliphatic rings. The van der Waals surface area contributed by atoms with E-state index in [0.29, 0.717) is 19.6 Å². The molecule has 3 atom stereocenters. The zero-order valence-corrected chi connectivity index (χ0v) is 29.3. The van der Waals surface area contributed by atoms with E-state index in [0.717, 1.165) is 71.5 Å². The molecule has 4 aromatic rings. The molecule has 10 nitrogen and oxygen atoms in total. The van der Waals surface area contributed by atoms with Crippen LogP contribution in [0.4, 0.5) is 10.5 Å². The van der Waals surface area contributed by atoms with Gasteiger partial charge in [-0.25, -0.2) is 4.79 Å². The van der Waals surface area contributed by atoms with Crippen LogP contribution in [0.25, 0.3) is 11.1 Å². The predicted octanol–water partition coefficient (Wildman–Crippen LogP) is 6.23. The molecule has 3 fully saturated rings. The molecule has 0 unspecified atom stereocenters. The van der Waals surface area contributed by atoms with Crippen molar-refractivity contribution in [1.29, 1.82) is 0 Å². The van der Waals surface area contributed by atoms with Gasteiger partial charge in [0, 0.05) is 43.9 Å². The number of benzene rings is 4. The fraction of sp³-hybridized carbons (Fsp3) is 0.333. The number of hydrogen-bond donors (Lipinski definition) is 3. The molecule has 3 heterocycles. The first-order valence-corrected chi connectivity index (χ1v) is 18.0. The van der Waals surface area contributed by atoms with E-state index in [1.165, 1.54) is 6.08 Å². The van der Waals surface area contributed by atoms with Crippen molar-refractivity contribution in [2.75, 3.05) is 37.8 Å². The fourth-order valence-electron chi connectivity index (χ4n) is 7.59. The third-order valence-electron chi connectivity index (χ3n) is 10.4. The lowest BCUT2D eigenvalue weighted by Crippen LogP contribution is -2.57. The monoisotopic (exact) mass is 702 g/mol. The lowest BCUT2D eigenvalue weighted by Gasteiger charge is -2.45. The second kappa shape index (κ2) is 16.1. The average molecular weight is 703 g/mol. The molecule has 52 heavy (non-hydrogen) atoms. The van der Waals surface area contributed by atoms with Crippen LogP contribution in [0.5, 0.6) is 0 Å². The van der Waals surface area contributed by atoms with E-state index in [9.17, 15) is 14.7 Å². The van der Waals surface area contributed by atoms with Gasteiger partial charge in [0.25, 0.3) is 0 Å². The molecule has 270 valence electrons. The lowest BCUT2D eigenvalue weighted by atomic mass is 9.85. The second-order valence-electron chi connectivity index (χ2n) is 13.6. The number of ether oxygens (including phenoxy) is 3. The summed E-state index contributed by atoms with van der Waals surface area (Å²) >= 11 is 0. The Morgan fingerprint density at radius 1 is 0.942 bits per heavy atom. The summed E-state index contributed by atoms with van der Waals surface area (Å²) in [6.07, 6.45) is 2.30. The normalized spacial score (nSPS) is 21.4. The summed E-state index contributed by atoms with van der Waals surface area (Å²) in [4.78, 5) is 30.0. The van der Waals surface area contributed by atoms with E-state index in [2.05, 4.69) is 51.3 Å². The number of likely N-dealkylation sites (tertiary alicyclic amines) is 1. The molecule has 3 aliphatic heterocycles. The number of rotatable bonds is 11. The Bertz CT molecular complexity index is 1830. The van der Waals surface area contributed by atoms with Crippen LogP contribution in [0, 0.1) is 0 Å². The van der Waals surface area contributed by atoms with Gasteiger partial charge in [-0.2, -0.15) is 0 Å². The number of carbonyl (C=O) groups excluding carboxylic acids is 2. The Kier molecular flexibility index (Phi) is 11.0. The average Bonchev–Trinajstić information content (AvgIpc) is 3.51. The van der Waals surface area contributed by atoms with Gasteiger partial charge in [0.15, 0.2) is 6.29 Å². The van der Waals surface area contributed by atoms with Crippen LogP contribution in [0.2, 0.25) is 0 Å². The lowest BCUT2D eigenvalue weighted by molar-refractivity contribution is -0.253. The summed E-state index contributed by atoms with van der Waals surface area (Å²) in [5, 5.41) is 15.5. The smallest absolute Gasteiger partial charge is 0.407 e. The number of para-hydroxylation sites is 1. The number of nitrogens with zero attached hydrogens (tertiary/aromatic N) is 2. The van der Waals surface area contributed by atoms with Gasteiger partial charge < -0.3 is 39.8 Å². The van der Waals surface area contributed by atoms with E-state index in [1.54, 1.807) is 0 Å². The number of alkyl carbamates (subject to hydrolysis) is 1. The third-order valence-corrected chi connectivity index (χ3v) is 10.4. The van der Waals surface area contributed by atoms with Crippen molar-refractivity contribution in [1.82, 2.24) is 15.5 Å². The van der Waals surface area contributed by atoms with Crippen LogP contribution >= 0.6 is 0 Å². The molecule has 0 bridgehead atoms. The largest absolute Gasteiger partial charge is 0.445 e. The summed E-state index contributed by atoms with van der Waals surface area (Å²) in [5.41, 5.74) is 6.31. The molecule has 0 aromatic heterocycles. The van der Waals surface area contributed by atoms with Crippen molar-refractivity contribution >= 4 is 17.7 Å². The molecule has 2 amide bonds. The SMILES string of the molecule is C=CCOC(=O)NCc1ccccc1-c1ccc([C@@H]2O[C@H](CN3CCC4(CC3)C(=O)NCN4c3ccccc3)C[C@H](c3ccc(CO)cc3)O2)cc1. The van der Waals surface area contributed by atoms with Gasteiger partial charge in [0.2, 0.25) is 5.91 Å². The van der Waals surface area contributed by atoms with E-state index in [4.69, 9.17) is 14.2 Å². The molecule has 1 spiro atoms. The number of aliphatic hydroxyl groups excluding tert-OH is 1. The van der Waals surface area contributed by atoms with Crippen molar-refractivity contribution in [2.45, 2.75) is 56.5 Å². The van der Waals surface area contributed by atoms with Crippen molar-refractivity contribution in [2.24, 2.45) is 0 Å². The summed E-state index contributed by atoms with van der Waals surface area (Å²) < 4.78 is 18.4. The van der Waals surface area contributed by atoms with E-state index < -0.39 is 17.9 Å². The van der Waals surface area contributed by atoms with Gasteiger partial charge in [-0.1, -0.05) is 104 Å². The van der Waals surface area contributed by atoms with E-state index in [1.807, 2.05) is 78.9 Å². The van der Waals surface area contributed by atoms with Gasteiger partial charge in [0.1, 0.15) is 12.1 Å². The highest BCUT2D eigenvalue weighted by molar-refractivity contribution is 5.93. The minimum atomic E-state index is -0.586. The second-order valence-corrected chi connectivity index (χ2v) is 13.6. The Labute approximate surface area is 305 Å². The van der Waals surface area contributed by atoms with Gasteiger partial charge in [0.05, 0.1) is 25.5 Å². The number of aliphatic hydroxyl groups is 1. The van der Waals surface area contributed by atoms with Crippen LogP contribution in [0.15, 0.2) is 116 Å². The Hall–Kier alpha value is -5.00. The number of hydrogen-bond acceptors (Lipinski definition) is 8. The fourth-order valence-corrected chi connectivity index (χ4v) is 7.59. The first-order valence-electron chi connectivity index (χ1n) is 18.0. The summed E-state index contributed by atoms with van der Waals surface area (Å²) in [5.74, 6) is 0.109. The highest BCUT2D eigenvalue weighted by Crippen LogP contribution is 2.40. The molecule has 3 N–H and O–H groups in total. The predicted molar refractivity (Wildman–Crippen MR) is 199 cm³/mol. The zero-order chi connectivity index (χ0) is 35.9. The first kappa shape index (κ1) is 35.4.